The van der Waals surface area contributed by atoms with Crippen molar-refractivity contribution in [1.82, 2.24) is 15.0 Å². The number of hydrogen-bond donors (Lipinski definition) is 0. The van der Waals surface area contributed by atoms with Gasteiger partial charge in [-0.25, -0.2) is 23.2 Å². The number of esters is 1. The van der Waals surface area contributed by atoms with Crippen LogP contribution < -0.4 is 4.74 Å². The van der Waals surface area contributed by atoms with Crippen molar-refractivity contribution in [2.24, 2.45) is 0 Å². The van der Waals surface area contributed by atoms with Crippen molar-refractivity contribution in [2.75, 3.05) is 6.26 Å². The highest BCUT2D eigenvalue weighted by Gasteiger charge is 2.20. The topological polar surface area (TPSA) is 99.1 Å². The summed E-state index contributed by atoms with van der Waals surface area (Å²) in [6.45, 7) is 0. The molecule has 0 fully saturated rings. The van der Waals surface area contributed by atoms with Gasteiger partial charge in [0.2, 0.25) is 15.0 Å². The van der Waals surface area contributed by atoms with Gasteiger partial charge < -0.3 is 4.74 Å². The summed E-state index contributed by atoms with van der Waals surface area (Å²) in [5, 5.41) is -0.605. The molecule has 2 aromatic heterocycles. The average Bonchev–Trinajstić information content (AvgIpc) is 2.39. The number of halogens is 1. The molecule has 2 rings (SSSR count). The molecule has 2 heterocycles. The molecule has 0 aliphatic rings. The molecule has 7 nitrogen and oxygen atoms in total. The molecule has 0 saturated carbocycles. The molecule has 0 amide bonds. The van der Waals surface area contributed by atoms with Gasteiger partial charge in [-0.15, -0.1) is 0 Å². The highest BCUT2D eigenvalue weighted by molar-refractivity contribution is 7.90. The van der Waals surface area contributed by atoms with Gasteiger partial charge in [-0.05, 0) is 12.1 Å². The van der Waals surface area contributed by atoms with Crippen LogP contribution in [0.1, 0.15) is 10.5 Å². The first kappa shape index (κ1) is 14.4. The van der Waals surface area contributed by atoms with Gasteiger partial charge in [0.25, 0.3) is 0 Å². The molecular formula is C11H8ClN3O4S. The molecule has 0 aliphatic heterocycles. The summed E-state index contributed by atoms with van der Waals surface area (Å²) in [6.07, 6.45) is 4.79. The van der Waals surface area contributed by atoms with Crippen molar-refractivity contribution >= 4 is 27.4 Å². The maximum absolute atomic E-state index is 11.9. The number of aromatic nitrogens is 3. The maximum Gasteiger partial charge on any atom is 0.364 e. The highest BCUT2D eigenvalue weighted by atomic mass is 35.5. The molecule has 20 heavy (non-hydrogen) atoms. The standard InChI is InChI=1S/C11H8ClN3O4S/c1-20(17,18)11-14-6-8(12)9(15-11)10(16)19-7-3-2-4-13-5-7/h2-6H,1H3. The zero-order chi connectivity index (χ0) is 14.8. The first-order valence-corrected chi connectivity index (χ1v) is 7.49. The summed E-state index contributed by atoms with van der Waals surface area (Å²) in [6, 6.07) is 3.09. The molecule has 0 bridgehead atoms. The lowest BCUT2D eigenvalue weighted by atomic mass is 10.4. The Morgan fingerprint density at radius 3 is 2.70 bits per heavy atom. The molecule has 0 N–H and O–H groups in total. The summed E-state index contributed by atoms with van der Waals surface area (Å²) >= 11 is 5.77. The van der Waals surface area contributed by atoms with Crippen LogP contribution >= 0.6 is 11.6 Å². The Hall–Kier alpha value is -2.06. The third-order valence-corrected chi connectivity index (χ3v) is 3.23. The predicted molar refractivity (Wildman–Crippen MR) is 69.3 cm³/mol. The first-order valence-electron chi connectivity index (χ1n) is 5.23. The number of sulfone groups is 1. The minimum absolute atomic E-state index is 0.105. The van der Waals surface area contributed by atoms with E-state index in [2.05, 4.69) is 15.0 Å². The Kier molecular flexibility index (Phi) is 3.96. The lowest BCUT2D eigenvalue weighted by molar-refractivity contribution is 0.0727. The minimum Gasteiger partial charge on any atom is -0.420 e. The van der Waals surface area contributed by atoms with E-state index in [4.69, 9.17) is 16.3 Å². The molecular weight excluding hydrogens is 306 g/mol. The van der Waals surface area contributed by atoms with E-state index in [-0.39, 0.29) is 16.5 Å². The van der Waals surface area contributed by atoms with Gasteiger partial charge >= 0.3 is 5.97 Å². The second-order valence-corrected chi connectivity index (χ2v) is 6.02. The van der Waals surface area contributed by atoms with Crippen molar-refractivity contribution in [3.63, 3.8) is 0 Å². The Morgan fingerprint density at radius 2 is 2.10 bits per heavy atom. The van der Waals surface area contributed by atoms with Gasteiger partial charge in [0.15, 0.2) is 5.69 Å². The van der Waals surface area contributed by atoms with Crippen LogP contribution in [0.3, 0.4) is 0 Å². The normalized spacial score (nSPS) is 11.1. The van der Waals surface area contributed by atoms with Crippen LogP contribution in [-0.2, 0) is 9.84 Å². The molecule has 0 aliphatic carbocycles. The second kappa shape index (κ2) is 5.51. The molecule has 104 valence electrons. The number of rotatable bonds is 3. The van der Waals surface area contributed by atoms with Gasteiger partial charge in [0.05, 0.1) is 17.4 Å². The van der Waals surface area contributed by atoms with Gasteiger partial charge in [0.1, 0.15) is 5.75 Å². The molecule has 9 heteroatoms. The molecule has 0 atom stereocenters. The number of carbonyl (C=O) groups is 1. The van der Waals surface area contributed by atoms with Crippen LogP contribution in [0.5, 0.6) is 5.75 Å². The van der Waals surface area contributed by atoms with Crippen molar-refractivity contribution < 1.29 is 17.9 Å². The molecule has 0 radical (unpaired) electrons. The SMILES string of the molecule is CS(=O)(=O)c1ncc(Cl)c(C(=O)Oc2cccnc2)n1. The van der Waals surface area contributed by atoms with Crippen LogP contribution in [-0.4, -0.2) is 35.6 Å². The van der Waals surface area contributed by atoms with E-state index in [1.54, 1.807) is 6.07 Å². The Bertz CT molecular complexity index is 750. The van der Waals surface area contributed by atoms with Gasteiger partial charge in [0, 0.05) is 12.5 Å². The lowest BCUT2D eigenvalue weighted by Crippen LogP contribution is -2.15. The van der Waals surface area contributed by atoms with Crippen molar-refractivity contribution in [3.05, 3.63) is 41.4 Å². The van der Waals surface area contributed by atoms with E-state index < -0.39 is 21.0 Å². The van der Waals surface area contributed by atoms with Gasteiger partial charge in [-0.1, -0.05) is 11.6 Å². The number of nitrogens with zero attached hydrogens (tertiary/aromatic N) is 3. The fourth-order valence-electron chi connectivity index (χ4n) is 1.24. The Morgan fingerprint density at radius 1 is 1.35 bits per heavy atom. The van der Waals surface area contributed by atoms with E-state index in [9.17, 15) is 13.2 Å². The van der Waals surface area contributed by atoms with E-state index in [0.29, 0.717) is 0 Å². The predicted octanol–water partition coefficient (Wildman–Crippen LogP) is 1.15. The number of carbonyl (C=O) groups excluding carboxylic acids is 1. The van der Waals surface area contributed by atoms with Crippen LogP contribution in [0.15, 0.2) is 35.9 Å². The van der Waals surface area contributed by atoms with Crippen molar-refractivity contribution in [1.29, 1.82) is 0 Å². The fraction of sp³-hybridized carbons (Fsp3) is 0.0909. The molecule has 0 spiro atoms. The van der Waals surface area contributed by atoms with E-state index >= 15 is 0 Å². The van der Waals surface area contributed by atoms with Gasteiger partial charge in [-0.2, -0.15) is 0 Å². The minimum atomic E-state index is -3.65. The highest BCUT2D eigenvalue weighted by Crippen LogP contribution is 2.17. The van der Waals surface area contributed by atoms with Crippen LogP contribution in [0, 0.1) is 0 Å². The van der Waals surface area contributed by atoms with Gasteiger partial charge in [-0.3, -0.25) is 4.98 Å². The molecule has 2 aromatic rings. The third-order valence-electron chi connectivity index (χ3n) is 2.09. The summed E-state index contributed by atoms with van der Waals surface area (Å²) in [7, 11) is -3.65. The number of hydrogen-bond acceptors (Lipinski definition) is 7. The molecule has 0 aromatic carbocycles. The van der Waals surface area contributed by atoms with Crippen LogP contribution in [0.25, 0.3) is 0 Å². The summed E-state index contributed by atoms with van der Waals surface area (Å²) in [5.74, 6) is -0.705. The zero-order valence-corrected chi connectivity index (χ0v) is 11.7. The average molecular weight is 314 g/mol. The van der Waals surface area contributed by atoms with Crippen LogP contribution in [0.2, 0.25) is 5.02 Å². The number of ether oxygens (including phenoxy) is 1. The Labute approximate surface area is 119 Å². The zero-order valence-electron chi connectivity index (χ0n) is 10.1. The van der Waals surface area contributed by atoms with Crippen molar-refractivity contribution in [2.45, 2.75) is 5.16 Å². The maximum atomic E-state index is 11.9. The first-order chi connectivity index (χ1) is 9.38. The molecule has 0 unspecified atom stereocenters. The molecule has 0 saturated heterocycles. The quantitative estimate of drug-likeness (QED) is 0.619. The van der Waals surface area contributed by atoms with Crippen molar-refractivity contribution in [3.8, 4) is 5.75 Å². The summed E-state index contributed by atoms with van der Waals surface area (Å²) < 4.78 is 27.7. The summed E-state index contributed by atoms with van der Waals surface area (Å²) in [4.78, 5) is 22.8. The van der Waals surface area contributed by atoms with E-state index in [1.807, 2.05) is 0 Å². The summed E-state index contributed by atoms with van der Waals surface area (Å²) in [5.41, 5.74) is -0.328. The second-order valence-electron chi connectivity index (χ2n) is 3.70. The lowest BCUT2D eigenvalue weighted by Gasteiger charge is -2.05. The number of pyridine rings is 1. The van der Waals surface area contributed by atoms with E-state index in [1.165, 1.54) is 18.5 Å². The van der Waals surface area contributed by atoms with Crippen LogP contribution in [0.4, 0.5) is 0 Å². The monoisotopic (exact) mass is 313 g/mol. The Balaban J connectivity index is 2.35. The fourth-order valence-corrected chi connectivity index (χ4v) is 1.91. The van der Waals surface area contributed by atoms with E-state index in [0.717, 1.165) is 12.5 Å². The third kappa shape index (κ3) is 3.28. The smallest absolute Gasteiger partial charge is 0.364 e. The largest absolute Gasteiger partial charge is 0.420 e.